The molecule has 1 aromatic carbocycles. The van der Waals surface area contributed by atoms with E-state index in [4.69, 9.17) is 4.42 Å². The highest BCUT2D eigenvalue weighted by Gasteiger charge is 2.27. The van der Waals surface area contributed by atoms with Gasteiger partial charge in [0.05, 0.1) is 12.8 Å². The number of aliphatic hydroxyl groups is 1. The average Bonchev–Trinajstić information content (AvgIpc) is 3.23. The summed E-state index contributed by atoms with van der Waals surface area (Å²) < 4.78 is 32.1. The Morgan fingerprint density at radius 1 is 1.17 bits per heavy atom. The molecule has 1 aliphatic rings. The van der Waals surface area contributed by atoms with E-state index in [1.54, 1.807) is 24.3 Å². The van der Waals surface area contributed by atoms with Gasteiger partial charge >= 0.3 is 0 Å². The minimum absolute atomic E-state index is 0.167. The van der Waals surface area contributed by atoms with Crippen LogP contribution < -0.4 is 14.9 Å². The number of sulfonamides is 1. The average molecular weight is 422 g/mol. The number of furan rings is 1. The Kier molecular flexibility index (Phi) is 6.49. The third-order valence-corrected chi connectivity index (χ3v) is 6.05. The summed E-state index contributed by atoms with van der Waals surface area (Å²) in [6.45, 7) is 3.32. The molecule has 1 amide bonds. The SMILES string of the molecule is C[C@@](O)(CNC(=O)CS(=O)(=O)Nc1ccc(N2CCCCC2)cc1)c1ccco1. The van der Waals surface area contributed by atoms with Crippen LogP contribution in [0.2, 0.25) is 0 Å². The summed E-state index contributed by atoms with van der Waals surface area (Å²) in [5.41, 5.74) is 0.0346. The molecule has 9 heteroatoms. The standard InChI is InChI=1S/C20H27N3O5S/c1-20(25,18-6-5-13-28-18)15-21-19(24)14-29(26,27)22-16-7-9-17(10-8-16)23-11-3-2-4-12-23/h5-10,13,22,25H,2-4,11-12,14-15H2,1H3,(H,21,24)/t20-/m1/s1. The zero-order valence-corrected chi connectivity index (χ0v) is 17.2. The van der Waals surface area contributed by atoms with E-state index in [1.165, 1.54) is 19.6 Å². The number of hydrogen-bond acceptors (Lipinski definition) is 6. The summed E-state index contributed by atoms with van der Waals surface area (Å²) in [6.07, 6.45) is 4.98. The number of rotatable bonds is 8. The van der Waals surface area contributed by atoms with Gasteiger partial charge in [-0.1, -0.05) is 0 Å². The number of anilines is 2. The van der Waals surface area contributed by atoms with Crippen molar-refractivity contribution in [3.63, 3.8) is 0 Å². The number of nitrogens with zero attached hydrogens (tertiary/aromatic N) is 1. The largest absolute Gasteiger partial charge is 0.466 e. The molecule has 2 aromatic rings. The Labute approximate surface area is 171 Å². The van der Waals surface area contributed by atoms with Crippen molar-refractivity contribution in [2.45, 2.75) is 31.8 Å². The van der Waals surface area contributed by atoms with Crippen molar-refractivity contribution in [2.75, 3.05) is 35.0 Å². The van der Waals surface area contributed by atoms with Gasteiger partial charge in [0.15, 0.2) is 0 Å². The second-order valence-corrected chi connectivity index (χ2v) is 9.21. The molecule has 8 nitrogen and oxygen atoms in total. The molecule has 0 bridgehead atoms. The van der Waals surface area contributed by atoms with Crippen molar-refractivity contribution >= 4 is 27.3 Å². The fourth-order valence-corrected chi connectivity index (χ4v) is 4.29. The predicted molar refractivity (Wildman–Crippen MR) is 111 cm³/mol. The van der Waals surface area contributed by atoms with Crippen LogP contribution in [0.5, 0.6) is 0 Å². The Balaban J connectivity index is 1.52. The summed E-state index contributed by atoms with van der Waals surface area (Å²) in [5, 5.41) is 12.7. The first-order valence-electron chi connectivity index (χ1n) is 9.64. The summed E-state index contributed by atoms with van der Waals surface area (Å²) in [7, 11) is -3.87. The Morgan fingerprint density at radius 3 is 2.48 bits per heavy atom. The second kappa shape index (κ2) is 8.87. The van der Waals surface area contributed by atoms with Gasteiger partial charge in [0.25, 0.3) is 0 Å². The minimum atomic E-state index is -3.87. The number of nitrogens with one attached hydrogen (secondary N) is 2. The van der Waals surface area contributed by atoms with Gasteiger partial charge in [-0.2, -0.15) is 0 Å². The molecule has 1 aromatic heterocycles. The van der Waals surface area contributed by atoms with Gasteiger partial charge in [0, 0.05) is 24.5 Å². The van der Waals surface area contributed by atoms with Crippen LogP contribution in [0, 0.1) is 0 Å². The molecule has 1 fully saturated rings. The lowest BCUT2D eigenvalue weighted by Gasteiger charge is -2.28. The molecule has 2 heterocycles. The first-order chi connectivity index (χ1) is 13.8. The quantitative estimate of drug-likeness (QED) is 0.601. The first-order valence-corrected chi connectivity index (χ1v) is 11.3. The minimum Gasteiger partial charge on any atom is -0.466 e. The molecule has 3 N–H and O–H groups in total. The molecular weight excluding hydrogens is 394 g/mol. The van der Waals surface area contributed by atoms with Gasteiger partial charge in [-0.05, 0) is 62.6 Å². The molecule has 0 radical (unpaired) electrons. The normalized spacial score (nSPS) is 16.8. The van der Waals surface area contributed by atoms with Crippen LogP contribution in [0.15, 0.2) is 47.1 Å². The Bertz CT molecular complexity index is 902. The van der Waals surface area contributed by atoms with E-state index >= 15 is 0 Å². The van der Waals surface area contributed by atoms with E-state index in [-0.39, 0.29) is 12.3 Å². The van der Waals surface area contributed by atoms with E-state index in [1.807, 2.05) is 12.1 Å². The molecule has 1 saturated heterocycles. The highest BCUT2D eigenvalue weighted by Crippen LogP contribution is 2.22. The van der Waals surface area contributed by atoms with Gasteiger partial charge in [0.2, 0.25) is 15.9 Å². The number of piperidine rings is 1. The lowest BCUT2D eigenvalue weighted by Crippen LogP contribution is -2.41. The lowest BCUT2D eigenvalue weighted by molar-refractivity contribution is -0.120. The molecule has 1 aliphatic heterocycles. The number of amides is 1. The van der Waals surface area contributed by atoms with Crippen molar-refractivity contribution in [1.82, 2.24) is 5.32 Å². The van der Waals surface area contributed by atoms with Crippen LogP contribution in [0.25, 0.3) is 0 Å². The van der Waals surface area contributed by atoms with Crippen LogP contribution in [0.1, 0.15) is 31.9 Å². The van der Waals surface area contributed by atoms with Crippen molar-refractivity contribution in [1.29, 1.82) is 0 Å². The van der Waals surface area contributed by atoms with Gasteiger partial charge in [-0.15, -0.1) is 0 Å². The van der Waals surface area contributed by atoms with Crippen LogP contribution in [0.3, 0.4) is 0 Å². The summed E-state index contributed by atoms with van der Waals surface area (Å²) in [4.78, 5) is 14.3. The summed E-state index contributed by atoms with van der Waals surface area (Å²) in [5.74, 6) is -1.17. The van der Waals surface area contributed by atoms with Gasteiger partial charge in [-0.25, -0.2) is 8.42 Å². The molecular formula is C20H27N3O5S. The highest BCUT2D eigenvalue weighted by molar-refractivity contribution is 7.93. The topological polar surface area (TPSA) is 112 Å². The van der Waals surface area contributed by atoms with Gasteiger partial charge in [-0.3, -0.25) is 9.52 Å². The zero-order valence-electron chi connectivity index (χ0n) is 16.4. The monoisotopic (exact) mass is 421 g/mol. The molecule has 0 saturated carbocycles. The van der Waals surface area contributed by atoms with E-state index < -0.39 is 27.3 Å². The second-order valence-electron chi connectivity index (χ2n) is 7.48. The molecule has 1 atom stereocenters. The van der Waals surface area contributed by atoms with E-state index in [0.29, 0.717) is 5.69 Å². The van der Waals surface area contributed by atoms with Crippen molar-refractivity contribution in [3.8, 4) is 0 Å². The number of carbonyl (C=O) groups excluding carboxylic acids is 1. The molecule has 3 rings (SSSR count). The maximum Gasteiger partial charge on any atom is 0.241 e. The van der Waals surface area contributed by atoms with Crippen LogP contribution >= 0.6 is 0 Å². The lowest BCUT2D eigenvalue weighted by atomic mass is 10.0. The zero-order chi connectivity index (χ0) is 20.9. The fourth-order valence-electron chi connectivity index (χ4n) is 3.27. The van der Waals surface area contributed by atoms with Gasteiger partial charge < -0.3 is 19.7 Å². The number of carbonyl (C=O) groups is 1. The van der Waals surface area contributed by atoms with Gasteiger partial charge in [0.1, 0.15) is 17.1 Å². The van der Waals surface area contributed by atoms with Crippen LogP contribution in [-0.2, 0) is 20.4 Å². The van der Waals surface area contributed by atoms with Crippen molar-refractivity contribution < 1.29 is 22.7 Å². The molecule has 0 spiro atoms. The maximum atomic E-state index is 12.3. The third-order valence-electron chi connectivity index (χ3n) is 4.86. The van der Waals surface area contributed by atoms with Crippen LogP contribution in [0.4, 0.5) is 11.4 Å². The third kappa shape index (κ3) is 5.98. The van der Waals surface area contributed by atoms with Crippen molar-refractivity contribution in [3.05, 3.63) is 48.4 Å². The number of hydrogen-bond donors (Lipinski definition) is 3. The van der Waals surface area contributed by atoms with Crippen LogP contribution in [-0.4, -0.2) is 44.8 Å². The first kappa shape index (κ1) is 21.2. The van der Waals surface area contributed by atoms with E-state index in [2.05, 4.69) is 14.9 Å². The Hall–Kier alpha value is -2.52. The van der Waals surface area contributed by atoms with E-state index in [9.17, 15) is 18.3 Å². The maximum absolute atomic E-state index is 12.3. The summed E-state index contributed by atoms with van der Waals surface area (Å²) >= 11 is 0. The predicted octanol–water partition coefficient (Wildman–Crippen LogP) is 2.04. The van der Waals surface area contributed by atoms with Crippen molar-refractivity contribution in [2.24, 2.45) is 0 Å². The molecule has 29 heavy (non-hydrogen) atoms. The molecule has 158 valence electrons. The molecule has 0 unspecified atom stereocenters. The van der Waals surface area contributed by atoms with E-state index in [0.717, 1.165) is 31.6 Å². The Morgan fingerprint density at radius 2 is 1.86 bits per heavy atom. The number of benzene rings is 1. The smallest absolute Gasteiger partial charge is 0.241 e. The summed E-state index contributed by atoms with van der Waals surface area (Å²) in [6, 6.07) is 10.4. The fraction of sp³-hybridized carbons (Fsp3) is 0.450. The molecule has 0 aliphatic carbocycles. The highest BCUT2D eigenvalue weighted by atomic mass is 32.2.